The van der Waals surface area contributed by atoms with Crippen LogP contribution in [0, 0.1) is 0 Å². The van der Waals surface area contributed by atoms with Crippen LogP contribution in [0.1, 0.15) is 12.8 Å². The molecule has 76 valence electrons. The molecule has 1 aliphatic heterocycles. The second-order valence-electron chi connectivity index (χ2n) is 3.18. The predicted molar refractivity (Wildman–Crippen MR) is 47.7 cm³/mol. The fourth-order valence-corrected chi connectivity index (χ4v) is 1.66. The molecule has 1 heterocycles. The first-order valence-electron chi connectivity index (χ1n) is 4.57. The zero-order chi connectivity index (χ0) is 9.68. The fraction of sp³-hybridized carbons (Fsp3) is 0.875. The first-order valence-corrected chi connectivity index (χ1v) is 4.57. The van der Waals surface area contributed by atoms with Crippen LogP contribution in [0.2, 0.25) is 0 Å². The van der Waals surface area contributed by atoms with E-state index in [-0.39, 0.29) is 19.2 Å². The van der Waals surface area contributed by atoms with Crippen molar-refractivity contribution in [2.24, 2.45) is 0 Å². The minimum Gasteiger partial charge on any atom is -0.465 e. The topological polar surface area (TPSA) is 72.8 Å². The van der Waals surface area contributed by atoms with Gasteiger partial charge in [0.2, 0.25) is 0 Å². The van der Waals surface area contributed by atoms with Crippen molar-refractivity contribution < 1.29 is 15.0 Å². The van der Waals surface area contributed by atoms with E-state index in [1.165, 1.54) is 4.90 Å². The SMILES string of the molecule is O=C(O)N(CCO)C1CCNCC1. The van der Waals surface area contributed by atoms with E-state index in [9.17, 15) is 4.79 Å². The number of carbonyl (C=O) groups is 1. The summed E-state index contributed by atoms with van der Waals surface area (Å²) in [5, 5.41) is 20.7. The van der Waals surface area contributed by atoms with E-state index in [1.807, 2.05) is 0 Å². The number of hydrogen-bond acceptors (Lipinski definition) is 3. The average molecular weight is 188 g/mol. The van der Waals surface area contributed by atoms with E-state index in [2.05, 4.69) is 5.32 Å². The Morgan fingerprint density at radius 1 is 1.46 bits per heavy atom. The minimum atomic E-state index is -0.930. The number of piperidine rings is 1. The van der Waals surface area contributed by atoms with Crippen molar-refractivity contribution in [3.63, 3.8) is 0 Å². The molecule has 0 unspecified atom stereocenters. The number of aliphatic hydroxyl groups is 1. The van der Waals surface area contributed by atoms with Gasteiger partial charge in [-0.05, 0) is 25.9 Å². The normalized spacial score (nSPS) is 18.5. The number of nitrogens with one attached hydrogen (secondary N) is 1. The summed E-state index contributed by atoms with van der Waals surface area (Å²) in [5.74, 6) is 0. The smallest absolute Gasteiger partial charge is 0.407 e. The second kappa shape index (κ2) is 5.04. The molecule has 1 saturated heterocycles. The molecule has 1 amide bonds. The maximum Gasteiger partial charge on any atom is 0.407 e. The molecule has 13 heavy (non-hydrogen) atoms. The van der Waals surface area contributed by atoms with Gasteiger partial charge in [-0.2, -0.15) is 0 Å². The maximum absolute atomic E-state index is 10.8. The van der Waals surface area contributed by atoms with Crippen LogP contribution >= 0.6 is 0 Å². The summed E-state index contributed by atoms with van der Waals surface area (Å²) in [7, 11) is 0. The predicted octanol–water partition coefficient (Wildman–Crippen LogP) is -0.289. The standard InChI is InChI=1S/C8H16N2O3/c11-6-5-10(8(12)13)7-1-3-9-4-2-7/h7,9,11H,1-6H2,(H,12,13). The van der Waals surface area contributed by atoms with Gasteiger partial charge in [0.1, 0.15) is 0 Å². The molecule has 3 N–H and O–H groups in total. The van der Waals surface area contributed by atoms with E-state index in [0.717, 1.165) is 25.9 Å². The minimum absolute atomic E-state index is 0.0749. The first kappa shape index (κ1) is 10.3. The number of carboxylic acid groups (broad SMARTS) is 1. The van der Waals surface area contributed by atoms with Crippen molar-refractivity contribution in [3.8, 4) is 0 Å². The molecule has 0 aromatic rings. The number of aliphatic hydroxyl groups excluding tert-OH is 1. The molecule has 0 aliphatic carbocycles. The van der Waals surface area contributed by atoms with Gasteiger partial charge in [-0.15, -0.1) is 0 Å². The lowest BCUT2D eigenvalue weighted by molar-refractivity contribution is 0.0994. The molecule has 5 nitrogen and oxygen atoms in total. The average Bonchev–Trinajstić information content (AvgIpc) is 2.15. The van der Waals surface area contributed by atoms with Crippen molar-refractivity contribution >= 4 is 6.09 Å². The van der Waals surface area contributed by atoms with E-state index in [4.69, 9.17) is 10.2 Å². The van der Waals surface area contributed by atoms with Crippen LogP contribution in [0.25, 0.3) is 0 Å². The van der Waals surface area contributed by atoms with E-state index >= 15 is 0 Å². The van der Waals surface area contributed by atoms with Gasteiger partial charge in [0, 0.05) is 12.6 Å². The van der Waals surface area contributed by atoms with Crippen LogP contribution in [0.4, 0.5) is 4.79 Å². The van der Waals surface area contributed by atoms with Gasteiger partial charge in [0.25, 0.3) is 0 Å². The molecule has 5 heteroatoms. The van der Waals surface area contributed by atoms with Crippen LogP contribution < -0.4 is 5.32 Å². The molecule has 0 bridgehead atoms. The molecule has 1 aliphatic rings. The van der Waals surface area contributed by atoms with Gasteiger partial charge in [-0.3, -0.25) is 0 Å². The lowest BCUT2D eigenvalue weighted by atomic mass is 10.1. The summed E-state index contributed by atoms with van der Waals surface area (Å²) in [6.07, 6.45) is 0.749. The highest BCUT2D eigenvalue weighted by Crippen LogP contribution is 2.11. The number of amides is 1. The highest BCUT2D eigenvalue weighted by atomic mass is 16.4. The van der Waals surface area contributed by atoms with Crippen LogP contribution in [0.3, 0.4) is 0 Å². The van der Waals surface area contributed by atoms with Gasteiger partial charge in [0.15, 0.2) is 0 Å². The number of nitrogens with zero attached hydrogens (tertiary/aromatic N) is 1. The summed E-state index contributed by atoms with van der Waals surface area (Å²) in [4.78, 5) is 12.1. The lowest BCUT2D eigenvalue weighted by Gasteiger charge is -2.32. The molecule has 0 atom stereocenters. The Hall–Kier alpha value is -0.810. The summed E-state index contributed by atoms with van der Waals surface area (Å²) < 4.78 is 0. The van der Waals surface area contributed by atoms with Crippen LogP contribution in [-0.4, -0.2) is 53.5 Å². The summed E-state index contributed by atoms with van der Waals surface area (Å²) in [6.45, 7) is 1.84. The molecule has 0 saturated carbocycles. The third kappa shape index (κ3) is 2.86. The van der Waals surface area contributed by atoms with Gasteiger partial charge in [-0.25, -0.2) is 4.79 Å². The van der Waals surface area contributed by atoms with Crippen molar-refractivity contribution in [1.82, 2.24) is 10.2 Å². The molecule has 0 aromatic carbocycles. The van der Waals surface area contributed by atoms with Gasteiger partial charge in [-0.1, -0.05) is 0 Å². The largest absolute Gasteiger partial charge is 0.465 e. The Morgan fingerprint density at radius 3 is 2.54 bits per heavy atom. The van der Waals surface area contributed by atoms with Crippen molar-refractivity contribution in [2.45, 2.75) is 18.9 Å². The van der Waals surface area contributed by atoms with Crippen LogP contribution in [0.15, 0.2) is 0 Å². The van der Waals surface area contributed by atoms with Crippen molar-refractivity contribution in [3.05, 3.63) is 0 Å². The zero-order valence-corrected chi connectivity index (χ0v) is 7.57. The Balaban J connectivity index is 2.46. The highest BCUT2D eigenvalue weighted by Gasteiger charge is 2.23. The molecule has 0 spiro atoms. The Morgan fingerprint density at radius 2 is 2.08 bits per heavy atom. The summed E-state index contributed by atoms with van der Waals surface area (Å²) in [5.41, 5.74) is 0. The number of hydrogen-bond donors (Lipinski definition) is 3. The fourth-order valence-electron chi connectivity index (χ4n) is 1.66. The van der Waals surface area contributed by atoms with Gasteiger partial charge >= 0.3 is 6.09 Å². The Kier molecular flexibility index (Phi) is 3.98. The molecule has 0 radical (unpaired) electrons. The Labute approximate surface area is 77.3 Å². The van der Waals surface area contributed by atoms with Crippen molar-refractivity contribution in [2.75, 3.05) is 26.2 Å². The lowest BCUT2D eigenvalue weighted by Crippen LogP contribution is -2.46. The highest BCUT2D eigenvalue weighted by molar-refractivity contribution is 5.65. The summed E-state index contributed by atoms with van der Waals surface area (Å²) in [6, 6.07) is 0.0749. The third-order valence-electron chi connectivity index (χ3n) is 2.34. The van der Waals surface area contributed by atoms with Crippen molar-refractivity contribution in [1.29, 1.82) is 0 Å². The first-order chi connectivity index (χ1) is 6.25. The molecule has 1 rings (SSSR count). The van der Waals surface area contributed by atoms with Gasteiger partial charge < -0.3 is 20.4 Å². The van der Waals surface area contributed by atoms with Gasteiger partial charge in [0.05, 0.1) is 6.61 Å². The monoisotopic (exact) mass is 188 g/mol. The maximum atomic E-state index is 10.8. The molecular weight excluding hydrogens is 172 g/mol. The summed E-state index contributed by atoms with van der Waals surface area (Å²) >= 11 is 0. The van der Waals surface area contributed by atoms with Crippen LogP contribution in [0.5, 0.6) is 0 Å². The quantitative estimate of drug-likeness (QED) is 0.569. The van der Waals surface area contributed by atoms with E-state index < -0.39 is 6.09 Å². The van der Waals surface area contributed by atoms with E-state index in [0.29, 0.717) is 0 Å². The molecule has 0 aromatic heterocycles. The second-order valence-corrected chi connectivity index (χ2v) is 3.18. The molecular formula is C8H16N2O3. The third-order valence-corrected chi connectivity index (χ3v) is 2.34. The number of rotatable bonds is 3. The van der Waals surface area contributed by atoms with E-state index in [1.54, 1.807) is 0 Å². The molecule has 1 fully saturated rings. The van der Waals surface area contributed by atoms with Crippen LogP contribution in [-0.2, 0) is 0 Å². The Bertz CT molecular complexity index is 169. The zero-order valence-electron chi connectivity index (χ0n) is 7.57.